The van der Waals surface area contributed by atoms with Gasteiger partial charge in [0.25, 0.3) is 0 Å². The first-order valence-corrected chi connectivity index (χ1v) is 7.58. The molecule has 0 saturated carbocycles. The topological polar surface area (TPSA) is 30.2 Å². The van der Waals surface area contributed by atoms with E-state index in [0.717, 1.165) is 28.4 Å². The highest BCUT2D eigenvalue weighted by atomic mass is 35.5. The van der Waals surface area contributed by atoms with E-state index in [1.54, 1.807) is 18.0 Å². The maximum absolute atomic E-state index is 5.70. The quantitative estimate of drug-likeness (QED) is 0.486. The van der Waals surface area contributed by atoms with Crippen molar-refractivity contribution in [3.63, 3.8) is 0 Å². The van der Waals surface area contributed by atoms with Gasteiger partial charge in [0.15, 0.2) is 0 Å². The van der Waals surface area contributed by atoms with Crippen LogP contribution >= 0.6 is 23.4 Å². The smallest absolute Gasteiger partial charge is 0.122 e. The Morgan fingerprint density at radius 1 is 1.39 bits per heavy atom. The van der Waals surface area contributed by atoms with Crippen LogP contribution in [0, 0.1) is 0 Å². The fourth-order valence-corrected chi connectivity index (χ4v) is 2.81. The van der Waals surface area contributed by atoms with Crippen LogP contribution in [0.1, 0.15) is 32.9 Å². The summed E-state index contributed by atoms with van der Waals surface area (Å²) < 4.78 is 1.91. The van der Waals surface area contributed by atoms with Crippen LogP contribution in [-0.4, -0.2) is 26.2 Å². The van der Waals surface area contributed by atoms with Crippen molar-refractivity contribution in [3.8, 4) is 0 Å². The first-order valence-electron chi connectivity index (χ1n) is 6.06. The van der Waals surface area contributed by atoms with Crippen LogP contribution in [0.4, 0.5) is 0 Å². The zero-order valence-electron chi connectivity index (χ0n) is 11.0. The van der Waals surface area contributed by atoms with Crippen molar-refractivity contribution < 1.29 is 0 Å². The first-order chi connectivity index (χ1) is 8.52. The molecule has 0 bridgehead atoms. The molecule has 0 fully saturated rings. The lowest BCUT2D eigenvalue weighted by Crippen LogP contribution is -2.11. The monoisotopic (exact) mass is 283 g/mol. The van der Waals surface area contributed by atoms with Gasteiger partial charge in [-0.1, -0.05) is 20.8 Å². The second-order valence-electron chi connectivity index (χ2n) is 5.23. The molecule has 98 valence electrons. The third-order valence-electron chi connectivity index (χ3n) is 2.64. The minimum atomic E-state index is 0.0596. The van der Waals surface area contributed by atoms with Crippen molar-refractivity contribution >= 4 is 28.9 Å². The number of nitrogens with zero attached hydrogens (tertiary/aromatic N) is 3. The van der Waals surface area contributed by atoms with Gasteiger partial charge in [0.1, 0.15) is 5.03 Å². The van der Waals surface area contributed by atoms with Crippen LogP contribution in [0.15, 0.2) is 23.5 Å². The highest BCUT2D eigenvalue weighted by molar-refractivity contribution is 7.99. The fourth-order valence-electron chi connectivity index (χ4n) is 1.60. The average molecular weight is 284 g/mol. The highest BCUT2D eigenvalue weighted by Crippen LogP contribution is 2.27. The Balaban J connectivity index is 2.33. The third kappa shape index (κ3) is 2.98. The molecular formula is C13H18ClN3S. The van der Waals surface area contributed by atoms with Gasteiger partial charge >= 0.3 is 0 Å². The van der Waals surface area contributed by atoms with E-state index < -0.39 is 0 Å². The van der Waals surface area contributed by atoms with Crippen LogP contribution in [-0.2, 0) is 5.41 Å². The maximum atomic E-state index is 5.70. The number of thioether (sulfide) groups is 1. The van der Waals surface area contributed by atoms with E-state index >= 15 is 0 Å². The Hall–Kier alpha value is -0.740. The molecule has 0 radical (unpaired) electrons. The lowest BCUT2D eigenvalue weighted by Gasteiger charge is -2.13. The molecule has 2 aromatic rings. The number of alkyl halides is 1. The van der Waals surface area contributed by atoms with Crippen LogP contribution in [0.25, 0.3) is 5.52 Å². The van der Waals surface area contributed by atoms with Gasteiger partial charge in [-0.2, -0.15) is 5.10 Å². The molecule has 0 unspecified atom stereocenters. The largest absolute Gasteiger partial charge is 0.246 e. The predicted molar refractivity (Wildman–Crippen MR) is 77.7 cm³/mol. The molecule has 18 heavy (non-hydrogen) atoms. The van der Waals surface area contributed by atoms with Crippen LogP contribution in [0.2, 0.25) is 0 Å². The Bertz CT molecular complexity index is 531. The average Bonchev–Trinajstić information content (AvgIpc) is 2.73. The number of aromatic nitrogens is 3. The summed E-state index contributed by atoms with van der Waals surface area (Å²) in [6, 6.07) is 2.13. The van der Waals surface area contributed by atoms with Crippen molar-refractivity contribution in [2.45, 2.75) is 37.6 Å². The molecule has 2 aromatic heterocycles. The van der Waals surface area contributed by atoms with E-state index in [-0.39, 0.29) is 5.41 Å². The molecule has 2 rings (SSSR count). The van der Waals surface area contributed by atoms with Gasteiger partial charge in [0.2, 0.25) is 0 Å². The molecule has 0 saturated heterocycles. The summed E-state index contributed by atoms with van der Waals surface area (Å²) in [4.78, 5) is 4.43. The zero-order valence-corrected chi connectivity index (χ0v) is 12.6. The molecule has 3 nitrogen and oxygen atoms in total. The molecule has 0 aliphatic heterocycles. The summed E-state index contributed by atoms with van der Waals surface area (Å²) in [5.41, 5.74) is 2.24. The SMILES string of the molecule is CC(C)(C)c1cc2c(SCCCCl)nccn2n1. The Morgan fingerprint density at radius 2 is 2.17 bits per heavy atom. The Morgan fingerprint density at radius 3 is 2.83 bits per heavy atom. The minimum absolute atomic E-state index is 0.0596. The number of halogens is 1. The van der Waals surface area contributed by atoms with E-state index in [9.17, 15) is 0 Å². The molecular weight excluding hydrogens is 266 g/mol. The molecule has 0 amide bonds. The molecule has 0 N–H and O–H groups in total. The van der Waals surface area contributed by atoms with Crippen molar-refractivity contribution in [3.05, 3.63) is 24.2 Å². The van der Waals surface area contributed by atoms with E-state index in [4.69, 9.17) is 11.6 Å². The third-order valence-corrected chi connectivity index (χ3v) is 3.99. The number of hydrogen-bond acceptors (Lipinski definition) is 3. The van der Waals surface area contributed by atoms with Gasteiger partial charge in [-0.3, -0.25) is 0 Å². The minimum Gasteiger partial charge on any atom is -0.246 e. The molecule has 2 heterocycles. The number of hydrogen-bond donors (Lipinski definition) is 0. The standard InChI is InChI=1S/C13H18ClN3S/c1-13(2,3)11-9-10-12(18-8-4-5-14)15-6-7-17(10)16-11/h6-7,9H,4-5,8H2,1-3H3. The second-order valence-corrected chi connectivity index (χ2v) is 6.69. The van der Waals surface area contributed by atoms with E-state index in [0.29, 0.717) is 5.88 Å². The van der Waals surface area contributed by atoms with Gasteiger partial charge < -0.3 is 0 Å². The molecule has 0 aliphatic rings. The summed E-state index contributed by atoms with van der Waals surface area (Å²) in [6.45, 7) is 6.51. The fraction of sp³-hybridized carbons (Fsp3) is 0.538. The van der Waals surface area contributed by atoms with Gasteiger partial charge in [-0.15, -0.1) is 23.4 Å². The second kappa shape index (κ2) is 5.49. The molecule has 0 aromatic carbocycles. The highest BCUT2D eigenvalue weighted by Gasteiger charge is 2.18. The molecule has 5 heteroatoms. The Kier molecular flexibility index (Phi) is 4.17. The number of fused-ring (bicyclic) bond motifs is 1. The molecule has 0 atom stereocenters. The van der Waals surface area contributed by atoms with Crippen LogP contribution < -0.4 is 0 Å². The normalized spacial score (nSPS) is 12.2. The lowest BCUT2D eigenvalue weighted by molar-refractivity contribution is 0.562. The van der Waals surface area contributed by atoms with Crippen molar-refractivity contribution in [1.29, 1.82) is 0 Å². The summed E-state index contributed by atoms with van der Waals surface area (Å²) in [5, 5.41) is 5.64. The summed E-state index contributed by atoms with van der Waals surface area (Å²) in [6.07, 6.45) is 4.70. The lowest BCUT2D eigenvalue weighted by atomic mass is 9.92. The van der Waals surface area contributed by atoms with E-state index in [1.807, 2.05) is 10.7 Å². The van der Waals surface area contributed by atoms with Crippen molar-refractivity contribution in [2.24, 2.45) is 0 Å². The first kappa shape index (κ1) is 13.7. The Labute approximate surface area is 117 Å². The van der Waals surface area contributed by atoms with Gasteiger partial charge in [-0.25, -0.2) is 9.50 Å². The van der Waals surface area contributed by atoms with Crippen LogP contribution in [0.5, 0.6) is 0 Å². The van der Waals surface area contributed by atoms with Gasteiger partial charge in [-0.05, 0) is 12.5 Å². The van der Waals surface area contributed by atoms with E-state index in [2.05, 4.69) is 36.9 Å². The van der Waals surface area contributed by atoms with Gasteiger partial charge in [0, 0.05) is 29.4 Å². The van der Waals surface area contributed by atoms with E-state index in [1.165, 1.54) is 0 Å². The molecule has 0 aliphatic carbocycles. The summed E-state index contributed by atoms with van der Waals surface area (Å²) in [7, 11) is 0. The predicted octanol–water partition coefficient (Wildman–Crippen LogP) is 3.75. The zero-order chi connectivity index (χ0) is 13.2. The maximum Gasteiger partial charge on any atom is 0.122 e. The summed E-state index contributed by atoms with van der Waals surface area (Å²) >= 11 is 7.44. The molecule has 0 spiro atoms. The van der Waals surface area contributed by atoms with Crippen molar-refractivity contribution in [1.82, 2.24) is 14.6 Å². The van der Waals surface area contributed by atoms with Crippen molar-refractivity contribution in [2.75, 3.05) is 11.6 Å². The summed E-state index contributed by atoms with van der Waals surface area (Å²) in [5.74, 6) is 1.69. The van der Waals surface area contributed by atoms with Crippen LogP contribution in [0.3, 0.4) is 0 Å². The number of rotatable bonds is 4. The van der Waals surface area contributed by atoms with Gasteiger partial charge in [0.05, 0.1) is 11.2 Å².